The smallest absolute Gasteiger partial charge is 0.501 e. The molecule has 0 N–H and O–H groups in total. The number of hydrogen-bond acceptors (Lipinski definition) is 6. The molecule has 0 spiro atoms. The summed E-state index contributed by atoms with van der Waals surface area (Å²) in [6.45, 7) is 13.5. The van der Waals surface area contributed by atoms with E-state index in [0.717, 1.165) is 112 Å². The number of para-hydroxylation sites is 2. The average Bonchev–Trinajstić information content (AvgIpc) is 3.74. The molecule has 7 heteroatoms. The molecular weight excluding hydrogens is 896 g/mol. The summed E-state index contributed by atoms with van der Waals surface area (Å²) >= 11 is 0. The molecule has 0 aliphatic heterocycles. The molecule has 0 radical (unpaired) electrons. The van der Waals surface area contributed by atoms with Crippen LogP contribution in [0.1, 0.15) is 63.8 Å². The van der Waals surface area contributed by atoms with Crippen molar-refractivity contribution in [3.05, 3.63) is 144 Å². The van der Waals surface area contributed by atoms with Gasteiger partial charge < -0.3 is 8.83 Å². The van der Waals surface area contributed by atoms with Crippen LogP contribution in [0, 0.1) is 23.0 Å². The van der Waals surface area contributed by atoms with Gasteiger partial charge in [0.1, 0.15) is 23.8 Å². The maximum atomic E-state index is 6.60. The van der Waals surface area contributed by atoms with E-state index in [0.29, 0.717) is 6.42 Å². The second kappa shape index (κ2) is 14.3. The molecule has 0 atom stereocenters. The van der Waals surface area contributed by atoms with Crippen LogP contribution < -0.4 is 0 Å². The van der Waals surface area contributed by atoms with Crippen molar-refractivity contribution in [1.29, 1.82) is 0 Å². The third-order valence-corrected chi connectivity index (χ3v) is 10.7. The summed E-state index contributed by atoms with van der Waals surface area (Å²) in [5, 5.41) is 6.07. The van der Waals surface area contributed by atoms with E-state index in [2.05, 4.69) is 126 Å². The first-order valence-corrected chi connectivity index (χ1v) is 19.7. The Morgan fingerprint density at radius 3 is 1.34 bits per heavy atom. The van der Waals surface area contributed by atoms with Gasteiger partial charge in [0.2, 0.25) is 0 Å². The molecular formula is C51H42N4O2Pt. The summed E-state index contributed by atoms with van der Waals surface area (Å²) in [5.41, 5.74) is 13.0. The molecule has 0 fully saturated rings. The number of hydrogen-bond donors (Lipinski definition) is 0. The fourth-order valence-electron chi connectivity index (χ4n) is 8.42. The number of furan rings is 2. The summed E-state index contributed by atoms with van der Waals surface area (Å²) in [5.74, 6) is 0. The first kappa shape index (κ1) is 37.8. The van der Waals surface area contributed by atoms with Gasteiger partial charge in [-0.3, -0.25) is 9.97 Å². The van der Waals surface area contributed by atoms with Gasteiger partial charge in [0.15, 0.2) is 0 Å². The molecule has 4 heterocycles. The van der Waals surface area contributed by atoms with E-state index in [-0.39, 0.29) is 31.9 Å². The molecule has 288 valence electrons. The van der Waals surface area contributed by atoms with Gasteiger partial charge in [0.05, 0.1) is 22.2 Å². The van der Waals surface area contributed by atoms with Crippen molar-refractivity contribution < 1.29 is 29.9 Å². The van der Waals surface area contributed by atoms with Gasteiger partial charge >= 0.3 is 21.1 Å². The molecule has 6 nitrogen and oxygen atoms in total. The van der Waals surface area contributed by atoms with Crippen LogP contribution in [0.25, 0.3) is 88.2 Å². The summed E-state index contributed by atoms with van der Waals surface area (Å²) in [4.78, 5) is 19.2. The second-order valence-corrected chi connectivity index (χ2v) is 17.8. The largest absolute Gasteiger partial charge is 2.00 e. The van der Waals surface area contributed by atoms with E-state index < -0.39 is 0 Å². The SMILES string of the molecule is CC(C)(C)Cc1ccc2c(-c3[c-]c(Cc4[c-]c(-c5ncnc6cc(CC(C)(C)C)ccc56)c5oc6ccccc6c5c4)cc4c3oc3ccccc34)ncnc2c1.[Pt+2]. The second-order valence-electron chi connectivity index (χ2n) is 17.8. The van der Waals surface area contributed by atoms with E-state index >= 15 is 0 Å². The fourth-order valence-corrected chi connectivity index (χ4v) is 8.42. The van der Waals surface area contributed by atoms with E-state index in [9.17, 15) is 0 Å². The van der Waals surface area contributed by atoms with Crippen LogP contribution in [0.2, 0.25) is 0 Å². The van der Waals surface area contributed by atoms with Crippen LogP contribution in [-0.4, -0.2) is 19.9 Å². The number of rotatable bonds is 6. The van der Waals surface area contributed by atoms with Crippen LogP contribution in [-0.2, 0) is 40.3 Å². The van der Waals surface area contributed by atoms with Gasteiger partial charge in [0, 0.05) is 22.2 Å². The Labute approximate surface area is 352 Å². The van der Waals surface area contributed by atoms with Crippen molar-refractivity contribution in [3.8, 4) is 22.5 Å². The van der Waals surface area contributed by atoms with Crippen LogP contribution in [0.5, 0.6) is 0 Å². The summed E-state index contributed by atoms with van der Waals surface area (Å²) in [6.07, 6.45) is 5.78. The van der Waals surface area contributed by atoms with E-state index in [1.165, 1.54) is 11.1 Å². The molecule has 0 aliphatic carbocycles. The molecule has 10 aromatic rings. The Bertz CT molecular complexity index is 2990. The van der Waals surface area contributed by atoms with Crippen molar-refractivity contribution in [2.75, 3.05) is 0 Å². The topological polar surface area (TPSA) is 77.8 Å². The Morgan fingerprint density at radius 2 is 0.914 bits per heavy atom. The zero-order valence-electron chi connectivity index (χ0n) is 33.4. The normalized spacial score (nSPS) is 12.4. The number of benzene rings is 6. The Balaban J connectivity index is 0.00000436. The van der Waals surface area contributed by atoms with Crippen LogP contribution in [0.15, 0.2) is 119 Å². The minimum absolute atomic E-state index is 0. The first-order valence-electron chi connectivity index (χ1n) is 19.7. The van der Waals surface area contributed by atoms with Crippen LogP contribution in [0.3, 0.4) is 0 Å². The Kier molecular flexibility index (Phi) is 9.32. The Hall–Kier alpha value is -5.71. The number of nitrogens with zero attached hydrogens (tertiary/aromatic N) is 4. The zero-order valence-corrected chi connectivity index (χ0v) is 35.7. The molecule has 0 saturated heterocycles. The summed E-state index contributed by atoms with van der Waals surface area (Å²) in [6, 6.07) is 41.5. The number of aromatic nitrogens is 4. The van der Waals surface area contributed by atoms with Gasteiger partial charge in [-0.25, -0.2) is 9.97 Å². The third kappa shape index (κ3) is 6.98. The molecule has 0 amide bonds. The third-order valence-electron chi connectivity index (χ3n) is 10.7. The van der Waals surface area contributed by atoms with Crippen molar-refractivity contribution in [3.63, 3.8) is 0 Å². The van der Waals surface area contributed by atoms with Crippen molar-refractivity contribution in [1.82, 2.24) is 19.9 Å². The summed E-state index contributed by atoms with van der Waals surface area (Å²) in [7, 11) is 0. The van der Waals surface area contributed by atoms with Crippen molar-refractivity contribution >= 4 is 65.7 Å². The minimum atomic E-state index is 0. The zero-order chi connectivity index (χ0) is 39.1. The van der Waals surface area contributed by atoms with E-state index in [1.807, 2.05) is 24.3 Å². The van der Waals surface area contributed by atoms with Gasteiger partial charge in [-0.1, -0.05) is 124 Å². The summed E-state index contributed by atoms with van der Waals surface area (Å²) < 4.78 is 13.2. The molecule has 0 aliphatic rings. The predicted octanol–water partition coefficient (Wildman–Crippen LogP) is 13.1. The van der Waals surface area contributed by atoms with Gasteiger partial charge in [-0.05, 0) is 76.3 Å². The van der Waals surface area contributed by atoms with E-state index in [4.69, 9.17) is 28.8 Å². The molecule has 0 saturated carbocycles. The van der Waals surface area contributed by atoms with Crippen LogP contribution >= 0.6 is 0 Å². The minimum Gasteiger partial charge on any atom is -0.501 e. The van der Waals surface area contributed by atoms with E-state index in [1.54, 1.807) is 12.7 Å². The van der Waals surface area contributed by atoms with Crippen molar-refractivity contribution in [2.45, 2.75) is 60.8 Å². The molecule has 6 aromatic carbocycles. The quantitative estimate of drug-likeness (QED) is 0.155. The first-order chi connectivity index (χ1) is 27.4. The molecule has 0 unspecified atom stereocenters. The predicted molar refractivity (Wildman–Crippen MR) is 231 cm³/mol. The van der Waals surface area contributed by atoms with Crippen LogP contribution in [0.4, 0.5) is 0 Å². The Morgan fingerprint density at radius 1 is 0.483 bits per heavy atom. The maximum Gasteiger partial charge on any atom is 2.00 e. The standard InChI is InChI=1S/C51H42N4O2.Pt/c1-50(2,3)26-30-15-17-36-42(24-30)52-28-54-46(36)40-22-32(20-38-34-11-7-9-13-44(34)56-48(38)40)19-33-21-39-35-12-8-10-14-45(35)57-49(39)41(23-33)47-37-18-16-31(27-51(4,5)6)25-43(37)53-29-55-47;/h7-18,20-21,24-25,28-29H,19,26-27H2,1-6H3;/q-2;+2. The van der Waals surface area contributed by atoms with Gasteiger partial charge in [0.25, 0.3) is 0 Å². The molecule has 58 heavy (non-hydrogen) atoms. The molecule has 0 bridgehead atoms. The molecule has 10 rings (SSSR count). The average molecular weight is 938 g/mol. The number of fused-ring (bicyclic) bond motifs is 8. The molecule has 4 aromatic heterocycles. The maximum absolute atomic E-state index is 6.60. The fraction of sp³-hybridized carbons (Fsp3) is 0.216. The van der Waals surface area contributed by atoms with Gasteiger partial charge in [-0.2, -0.15) is 0 Å². The monoisotopic (exact) mass is 937 g/mol. The van der Waals surface area contributed by atoms with Gasteiger partial charge in [-0.15, -0.1) is 35.4 Å². The van der Waals surface area contributed by atoms with Crippen molar-refractivity contribution in [2.24, 2.45) is 10.8 Å².